The molecule has 0 radical (unpaired) electrons. The van der Waals surface area contributed by atoms with Crippen molar-refractivity contribution in [2.75, 3.05) is 0 Å². The highest BCUT2D eigenvalue weighted by atomic mass is 35.5. The molecule has 130 valence electrons. The Balaban J connectivity index is 2.28. The monoisotopic (exact) mass is 361 g/mol. The molecule has 0 fully saturated rings. The molecule has 0 saturated carbocycles. The molecule has 7 nitrogen and oxygen atoms in total. The summed E-state index contributed by atoms with van der Waals surface area (Å²) in [5.74, 6) is -0.844. The molecule has 2 aromatic rings. The van der Waals surface area contributed by atoms with Gasteiger partial charge < -0.3 is 5.11 Å². The maximum absolute atomic E-state index is 12.2. The van der Waals surface area contributed by atoms with Crippen LogP contribution < -0.4 is 5.43 Å². The van der Waals surface area contributed by atoms with Gasteiger partial charge in [0.1, 0.15) is 5.75 Å². The molecule has 0 saturated heterocycles. The van der Waals surface area contributed by atoms with Crippen molar-refractivity contribution in [1.29, 1.82) is 0 Å². The summed E-state index contributed by atoms with van der Waals surface area (Å²) in [5, 5.41) is 25.0. The predicted molar refractivity (Wildman–Crippen MR) is 95.1 cm³/mol. The van der Waals surface area contributed by atoms with E-state index in [0.717, 1.165) is 6.42 Å². The van der Waals surface area contributed by atoms with E-state index in [9.17, 15) is 20.0 Å². The Bertz CT molecular complexity index is 836. The smallest absolute Gasteiger partial charge is 0.275 e. The quantitative estimate of drug-likeness (QED) is 0.462. The number of nitrogens with zero attached hydrogens (tertiary/aromatic N) is 2. The summed E-state index contributed by atoms with van der Waals surface area (Å²) in [7, 11) is 0. The first-order valence-electron chi connectivity index (χ1n) is 7.52. The normalized spacial score (nSPS) is 11.2. The van der Waals surface area contributed by atoms with Crippen molar-refractivity contribution in [2.24, 2.45) is 5.10 Å². The maximum atomic E-state index is 12.2. The SMILES string of the molecule is CCC/C(=N/NC(=O)c1cc(Cl)ccc1O)c1cccc([N+](=O)[O-])c1. The summed E-state index contributed by atoms with van der Waals surface area (Å²) in [5.41, 5.74) is 3.34. The number of aromatic hydroxyl groups is 1. The first-order chi connectivity index (χ1) is 11.9. The zero-order chi connectivity index (χ0) is 18.4. The number of nitro benzene ring substituents is 1. The van der Waals surface area contributed by atoms with Gasteiger partial charge in [-0.1, -0.05) is 37.1 Å². The number of phenolic OH excluding ortho intramolecular Hbond substituents is 1. The molecule has 1 amide bonds. The van der Waals surface area contributed by atoms with Gasteiger partial charge in [-0.2, -0.15) is 5.10 Å². The average Bonchev–Trinajstić information content (AvgIpc) is 2.60. The lowest BCUT2D eigenvalue weighted by atomic mass is 10.1. The Hall–Kier alpha value is -2.93. The first-order valence-corrected chi connectivity index (χ1v) is 7.90. The fraction of sp³-hybridized carbons (Fsp3) is 0.176. The largest absolute Gasteiger partial charge is 0.507 e. The molecule has 0 unspecified atom stereocenters. The van der Waals surface area contributed by atoms with E-state index in [-0.39, 0.29) is 17.0 Å². The first kappa shape index (κ1) is 18.4. The number of phenols is 1. The van der Waals surface area contributed by atoms with Crippen LogP contribution >= 0.6 is 11.6 Å². The molecule has 0 aliphatic rings. The van der Waals surface area contributed by atoms with Gasteiger partial charge in [-0.05, 0) is 24.6 Å². The van der Waals surface area contributed by atoms with E-state index in [0.29, 0.717) is 22.7 Å². The number of non-ortho nitro benzene ring substituents is 1. The number of hydrogen-bond donors (Lipinski definition) is 2. The maximum Gasteiger partial charge on any atom is 0.275 e. The number of benzene rings is 2. The summed E-state index contributed by atoms with van der Waals surface area (Å²) < 4.78 is 0. The minimum atomic E-state index is -0.626. The van der Waals surface area contributed by atoms with E-state index >= 15 is 0 Å². The summed E-state index contributed by atoms with van der Waals surface area (Å²) in [6.07, 6.45) is 1.25. The Kier molecular flexibility index (Phi) is 6.08. The second kappa shape index (κ2) is 8.25. The van der Waals surface area contributed by atoms with Crippen LogP contribution in [0.4, 0.5) is 5.69 Å². The number of nitro groups is 1. The fourth-order valence-electron chi connectivity index (χ4n) is 2.17. The minimum Gasteiger partial charge on any atom is -0.507 e. The number of rotatable bonds is 6. The Labute approximate surface area is 149 Å². The predicted octanol–water partition coefficient (Wildman–Crippen LogP) is 3.89. The molecule has 2 aromatic carbocycles. The molecule has 8 heteroatoms. The van der Waals surface area contributed by atoms with Crippen molar-refractivity contribution in [1.82, 2.24) is 5.43 Å². The van der Waals surface area contributed by atoms with E-state index in [2.05, 4.69) is 10.5 Å². The molecule has 0 aliphatic heterocycles. The molecule has 0 atom stereocenters. The highest BCUT2D eigenvalue weighted by molar-refractivity contribution is 6.31. The summed E-state index contributed by atoms with van der Waals surface area (Å²) in [6, 6.07) is 10.1. The minimum absolute atomic E-state index is 0.00820. The van der Waals surface area contributed by atoms with Gasteiger partial charge in [-0.15, -0.1) is 0 Å². The van der Waals surface area contributed by atoms with Gasteiger partial charge in [0.15, 0.2) is 0 Å². The van der Waals surface area contributed by atoms with Crippen LogP contribution in [0.2, 0.25) is 5.02 Å². The zero-order valence-corrected chi connectivity index (χ0v) is 14.2. The lowest BCUT2D eigenvalue weighted by molar-refractivity contribution is -0.384. The zero-order valence-electron chi connectivity index (χ0n) is 13.4. The van der Waals surface area contributed by atoms with Crippen molar-refractivity contribution in [3.63, 3.8) is 0 Å². The van der Waals surface area contributed by atoms with Crippen LogP contribution in [-0.2, 0) is 0 Å². The van der Waals surface area contributed by atoms with Crippen molar-refractivity contribution < 1.29 is 14.8 Å². The topological polar surface area (TPSA) is 105 Å². The summed E-state index contributed by atoms with van der Waals surface area (Å²) in [6.45, 7) is 1.93. The van der Waals surface area contributed by atoms with E-state index in [4.69, 9.17) is 11.6 Å². The third kappa shape index (κ3) is 4.77. The highest BCUT2D eigenvalue weighted by Crippen LogP contribution is 2.21. The van der Waals surface area contributed by atoms with Gasteiger partial charge >= 0.3 is 0 Å². The third-order valence-electron chi connectivity index (χ3n) is 3.37. The molecular weight excluding hydrogens is 346 g/mol. The average molecular weight is 362 g/mol. The van der Waals surface area contributed by atoms with Crippen LogP contribution in [0.3, 0.4) is 0 Å². The highest BCUT2D eigenvalue weighted by Gasteiger charge is 2.13. The van der Waals surface area contributed by atoms with Gasteiger partial charge in [-0.3, -0.25) is 14.9 Å². The van der Waals surface area contributed by atoms with Gasteiger partial charge in [0.25, 0.3) is 11.6 Å². The van der Waals surface area contributed by atoms with Crippen LogP contribution in [0, 0.1) is 10.1 Å². The molecule has 0 bridgehead atoms. The lowest BCUT2D eigenvalue weighted by Gasteiger charge is -2.08. The van der Waals surface area contributed by atoms with Crippen LogP contribution in [-0.4, -0.2) is 21.6 Å². The molecule has 2 rings (SSSR count). The molecule has 2 N–H and O–H groups in total. The Morgan fingerprint density at radius 3 is 2.76 bits per heavy atom. The van der Waals surface area contributed by atoms with Crippen LogP contribution in [0.5, 0.6) is 5.75 Å². The molecule has 0 spiro atoms. The van der Waals surface area contributed by atoms with Gasteiger partial charge in [0, 0.05) is 22.7 Å². The molecule has 0 aliphatic carbocycles. The van der Waals surface area contributed by atoms with Crippen molar-refractivity contribution in [3.8, 4) is 5.75 Å². The van der Waals surface area contributed by atoms with E-state index in [1.807, 2.05) is 6.92 Å². The Morgan fingerprint density at radius 2 is 2.08 bits per heavy atom. The van der Waals surface area contributed by atoms with Crippen molar-refractivity contribution in [2.45, 2.75) is 19.8 Å². The molecule has 0 aromatic heterocycles. The van der Waals surface area contributed by atoms with Crippen LogP contribution in [0.1, 0.15) is 35.7 Å². The number of hydrogen-bond acceptors (Lipinski definition) is 5. The standard InChI is InChI=1S/C17H16ClN3O4/c1-2-4-15(11-5-3-6-13(9-11)21(24)25)19-20-17(23)14-10-12(18)7-8-16(14)22/h3,5-10,22H,2,4H2,1H3,(H,20,23)/b19-15-. The summed E-state index contributed by atoms with van der Waals surface area (Å²) in [4.78, 5) is 22.6. The Morgan fingerprint density at radius 1 is 1.32 bits per heavy atom. The van der Waals surface area contributed by atoms with Gasteiger partial charge in [0.05, 0.1) is 16.2 Å². The summed E-state index contributed by atoms with van der Waals surface area (Å²) >= 11 is 5.83. The van der Waals surface area contributed by atoms with Crippen molar-refractivity contribution in [3.05, 3.63) is 68.7 Å². The van der Waals surface area contributed by atoms with E-state index in [1.54, 1.807) is 12.1 Å². The molecule has 25 heavy (non-hydrogen) atoms. The lowest BCUT2D eigenvalue weighted by Crippen LogP contribution is -2.20. The van der Waals surface area contributed by atoms with Crippen LogP contribution in [0.15, 0.2) is 47.6 Å². The van der Waals surface area contributed by atoms with Crippen LogP contribution in [0.25, 0.3) is 0 Å². The molecule has 0 heterocycles. The second-order valence-corrected chi connectivity index (χ2v) is 5.65. The fourth-order valence-corrected chi connectivity index (χ4v) is 2.34. The number of carbonyl (C=O) groups excluding carboxylic acids is 1. The van der Waals surface area contributed by atoms with Gasteiger partial charge in [0.2, 0.25) is 0 Å². The second-order valence-electron chi connectivity index (χ2n) is 5.22. The number of hydrazone groups is 1. The van der Waals surface area contributed by atoms with Crippen molar-refractivity contribution >= 4 is 28.9 Å². The number of nitrogens with one attached hydrogen (secondary N) is 1. The number of amides is 1. The number of halogens is 1. The van der Waals surface area contributed by atoms with E-state index < -0.39 is 10.8 Å². The van der Waals surface area contributed by atoms with E-state index in [1.165, 1.54) is 30.3 Å². The third-order valence-corrected chi connectivity index (χ3v) is 3.61. The number of carbonyl (C=O) groups is 1. The van der Waals surface area contributed by atoms with Gasteiger partial charge in [-0.25, -0.2) is 5.43 Å². The molecular formula is C17H16ClN3O4.